The molecule has 1 aromatic heterocycles. The molecule has 0 amide bonds. The van der Waals surface area contributed by atoms with E-state index in [1.165, 1.54) is 0 Å². The van der Waals surface area contributed by atoms with Crippen molar-refractivity contribution in [3.05, 3.63) is 58.5 Å². The predicted molar refractivity (Wildman–Crippen MR) is 96.7 cm³/mol. The summed E-state index contributed by atoms with van der Waals surface area (Å²) in [5.41, 5.74) is -0.522. The molecule has 3 rings (SSSR count). The molecule has 1 saturated carbocycles. The third kappa shape index (κ3) is 4.14. The first-order valence-corrected chi connectivity index (χ1v) is 8.92. The number of benzene rings is 1. The van der Waals surface area contributed by atoms with Crippen molar-refractivity contribution in [3.8, 4) is 11.5 Å². The number of hydrogen-bond donors (Lipinski definition) is 1. The average molecular weight is 357 g/mol. The topological polar surface area (TPSA) is 77.8 Å². The number of aliphatic hydroxyl groups excluding tert-OH is 1. The summed E-state index contributed by atoms with van der Waals surface area (Å²) >= 11 is 0. The monoisotopic (exact) mass is 357 g/mol. The lowest BCUT2D eigenvalue weighted by atomic mass is 9.93. The van der Waals surface area contributed by atoms with Gasteiger partial charge in [-0.25, -0.2) is 4.79 Å². The minimum Gasteiger partial charge on any atom is -0.462 e. The van der Waals surface area contributed by atoms with Gasteiger partial charge in [0.2, 0.25) is 5.43 Å². The van der Waals surface area contributed by atoms with Gasteiger partial charge in [-0.05, 0) is 44.7 Å². The first-order valence-electron chi connectivity index (χ1n) is 8.92. The molecule has 6 nitrogen and oxygen atoms in total. The Morgan fingerprint density at radius 1 is 1.15 bits per heavy atom. The maximum atomic E-state index is 12.7. The molecule has 0 bridgehead atoms. The highest BCUT2D eigenvalue weighted by Crippen LogP contribution is 2.30. The van der Waals surface area contributed by atoms with Crippen LogP contribution in [0.25, 0.3) is 0 Å². The molecule has 26 heavy (non-hydrogen) atoms. The number of aromatic nitrogens is 1. The van der Waals surface area contributed by atoms with Crippen LogP contribution in [0.5, 0.6) is 11.5 Å². The van der Waals surface area contributed by atoms with Crippen LogP contribution >= 0.6 is 0 Å². The fourth-order valence-electron chi connectivity index (χ4n) is 3.18. The summed E-state index contributed by atoms with van der Waals surface area (Å²) in [4.78, 5) is 24.9. The number of aliphatic hydroxyl groups is 1. The van der Waals surface area contributed by atoms with E-state index in [0.29, 0.717) is 18.6 Å². The van der Waals surface area contributed by atoms with Gasteiger partial charge in [0.1, 0.15) is 11.3 Å². The number of para-hydroxylation sites is 1. The highest BCUT2D eigenvalue weighted by atomic mass is 16.5. The fourth-order valence-corrected chi connectivity index (χ4v) is 3.18. The van der Waals surface area contributed by atoms with E-state index in [-0.39, 0.29) is 30.1 Å². The van der Waals surface area contributed by atoms with Gasteiger partial charge in [0, 0.05) is 12.2 Å². The number of rotatable bonds is 5. The highest BCUT2D eigenvalue weighted by molar-refractivity contribution is 5.89. The van der Waals surface area contributed by atoms with E-state index < -0.39 is 11.4 Å². The van der Waals surface area contributed by atoms with Crippen LogP contribution in [0.15, 0.2) is 47.5 Å². The van der Waals surface area contributed by atoms with Crippen LogP contribution < -0.4 is 10.2 Å². The molecule has 1 fully saturated rings. The van der Waals surface area contributed by atoms with E-state index in [0.717, 1.165) is 12.8 Å². The Morgan fingerprint density at radius 3 is 2.50 bits per heavy atom. The normalized spacial score (nSPS) is 19.8. The first-order chi connectivity index (χ1) is 12.6. The van der Waals surface area contributed by atoms with Crippen LogP contribution in [0.1, 0.15) is 49.0 Å². The maximum Gasteiger partial charge on any atom is 0.343 e. The quantitative estimate of drug-likeness (QED) is 0.831. The van der Waals surface area contributed by atoms with Crippen molar-refractivity contribution in [2.75, 3.05) is 6.61 Å². The molecule has 0 spiro atoms. The molecule has 0 radical (unpaired) electrons. The van der Waals surface area contributed by atoms with Gasteiger partial charge in [-0.3, -0.25) is 4.79 Å². The number of carbonyl (C=O) groups excluding carboxylic acids is 1. The average Bonchev–Trinajstić information content (AvgIpc) is 2.65. The molecular formula is C20H23NO5. The summed E-state index contributed by atoms with van der Waals surface area (Å²) < 4.78 is 12.6. The van der Waals surface area contributed by atoms with Crippen LogP contribution in [0.3, 0.4) is 0 Å². The van der Waals surface area contributed by atoms with Crippen molar-refractivity contribution < 1.29 is 19.4 Å². The SMILES string of the molecule is CCOC(=O)c1cn(C2CCC(O)CC2)cc(Oc2ccccc2)c1=O. The van der Waals surface area contributed by atoms with Crippen LogP contribution in [0.4, 0.5) is 0 Å². The van der Waals surface area contributed by atoms with Crippen molar-refractivity contribution in [2.24, 2.45) is 0 Å². The second-order valence-corrected chi connectivity index (χ2v) is 6.41. The largest absolute Gasteiger partial charge is 0.462 e. The van der Waals surface area contributed by atoms with E-state index in [1.54, 1.807) is 31.5 Å². The lowest BCUT2D eigenvalue weighted by Gasteiger charge is -2.28. The van der Waals surface area contributed by atoms with E-state index in [9.17, 15) is 14.7 Å². The number of nitrogens with zero attached hydrogens (tertiary/aromatic N) is 1. The van der Waals surface area contributed by atoms with E-state index in [2.05, 4.69) is 0 Å². The molecule has 2 aromatic rings. The van der Waals surface area contributed by atoms with Gasteiger partial charge in [-0.15, -0.1) is 0 Å². The van der Waals surface area contributed by atoms with Gasteiger partial charge in [-0.1, -0.05) is 18.2 Å². The van der Waals surface area contributed by atoms with Crippen molar-refractivity contribution in [2.45, 2.75) is 44.8 Å². The standard InChI is InChI=1S/C20H23NO5/c1-2-25-20(24)17-12-21(14-8-10-15(22)11-9-14)13-18(19(17)23)26-16-6-4-3-5-7-16/h3-7,12-15,22H,2,8-11H2,1H3. The van der Waals surface area contributed by atoms with Crippen molar-refractivity contribution >= 4 is 5.97 Å². The van der Waals surface area contributed by atoms with Gasteiger partial charge in [0.05, 0.1) is 18.9 Å². The Hall–Kier alpha value is -2.60. The minimum absolute atomic E-state index is 0.0357. The lowest BCUT2D eigenvalue weighted by molar-refractivity contribution is 0.0522. The molecule has 1 aliphatic rings. The molecule has 0 atom stereocenters. The summed E-state index contributed by atoms with van der Waals surface area (Å²) in [7, 11) is 0. The highest BCUT2D eigenvalue weighted by Gasteiger charge is 2.24. The van der Waals surface area contributed by atoms with Gasteiger partial charge >= 0.3 is 5.97 Å². The van der Waals surface area contributed by atoms with Gasteiger partial charge in [0.25, 0.3) is 0 Å². The van der Waals surface area contributed by atoms with Crippen LogP contribution in [0, 0.1) is 0 Å². The minimum atomic E-state index is -0.652. The Labute approximate surface area is 152 Å². The van der Waals surface area contributed by atoms with Crippen LogP contribution in [-0.4, -0.2) is 28.4 Å². The number of ether oxygens (including phenoxy) is 2. The zero-order valence-corrected chi connectivity index (χ0v) is 14.8. The zero-order chi connectivity index (χ0) is 18.5. The Bertz CT molecular complexity index is 807. The first kappa shape index (κ1) is 18.2. The molecule has 0 saturated heterocycles. The van der Waals surface area contributed by atoms with E-state index in [1.807, 2.05) is 22.8 Å². The van der Waals surface area contributed by atoms with E-state index in [4.69, 9.17) is 9.47 Å². The molecule has 0 aliphatic heterocycles. The van der Waals surface area contributed by atoms with Gasteiger partial charge in [-0.2, -0.15) is 0 Å². The third-order valence-electron chi connectivity index (χ3n) is 4.57. The smallest absolute Gasteiger partial charge is 0.343 e. The second-order valence-electron chi connectivity index (χ2n) is 6.41. The Morgan fingerprint density at radius 2 is 1.85 bits per heavy atom. The summed E-state index contributed by atoms with van der Waals surface area (Å²) in [6.45, 7) is 1.89. The third-order valence-corrected chi connectivity index (χ3v) is 4.57. The molecule has 0 unspecified atom stereocenters. The van der Waals surface area contributed by atoms with Crippen molar-refractivity contribution in [1.82, 2.24) is 4.57 Å². The molecular weight excluding hydrogens is 334 g/mol. The van der Waals surface area contributed by atoms with Crippen LogP contribution in [0.2, 0.25) is 0 Å². The molecule has 6 heteroatoms. The number of pyridine rings is 1. The molecule has 1 aliphatic carbocycles. The van der Waals surface area contributed by atoms with Gasteiger partial charge < -0.3 is 19.1 Å². The number of carbonyl (C=O) groups is 1. The number of esters is 1. The summed E-state index contributed by atoms with van der Waals surface area (Å²) in [6.07, 6.45) is 5.84. The fraction of sp³-hybridized carbons (Fsp3) is 0.400. The van der Waals surface area contributed by atoms with Crippen LogP contribution in [-0.2, 0) is 4.74 Å². The molecule has 1 N–H and O–H groups in total. The van der Waals surface area contributed by atoms with Crippen molar-refractivity contribution in [1.29, 1.82) is 0 Å². The molecule has 138 valence electrons. The summed E-state index contributed by atoms with van der Waals surface area (Å²) in [5.74, 6) is -0.0373. The Kier molecular flexibility index (Phi) is 5.73. The van der Waals surface area contributed by atoms with E-state index >= 15 is 0 Å². The second kappa shape index (κ2) is 8.19. The molecule has 1 aromatic carbocycles. The predicted octanol–water partition coefficient (Wildman–Crippen LogP) is 3.29. The zero-order valence-electron chi connectivity index (χ0n) is 14.8. The van der Waals surface area contributed by atoms with Gasteiger partial charge in [0.15, 0.2) is 5.75 Å². The maximum absolute atomic E-state index is 12.7. The number of hydrogen-bond acceptors (Lipinski definition) is 5. The summed E-state index contributed by atoms with van der Waals surface area (Å²) in [6, 6.07) is 9.07. The summed E-state index contributed by atoms with van der Waals surface area (Å²) in [5, 5.41) is 9.72. The lowest BCUT2D eigenvalue weighted by Crippen LogP contribution is -2.25. The molecule has 1 heterocycles. The van der Waals surface area contributed by atoms with Crippen molar-refractivity contribution in [3.63, 3.8) is 0 Å². The Balaban J connectivity index is 1.98.